The van der Waals surface area contributed by atoms with Gasteiger partial charge in [-0.05, 0) is 43.5 Å². The van der Waals surface area contributed by atoms with E-state index in [1.54, 1.807) is 37.3 Å². The van der Waals surface area contributed by atoms with Crippen LogP contribution < -0.4 is 9.62 Å². The van der Waals surface area contributed by atoms with E-state index in [1.807, 2.05) is 0 Å². The quantitative estimate of drug-likeness (QED) is 0.930. The Morgan fingerprint density at radius 1 is 1.09 bits per heavy atom. The lowest BCUT2D eigenvalue weighted by Crippen LogP contribution is -2.21. The van der Waals surface area contributed by atoms with Gasteiger partial charge in [0.15, 0.2) is 0 Å². The van der Waals surface area contributed by atoms with Gasteiger partial charge < -0.3 is 4.90 Å². The maximum absolute atomic E-state index is 13.6. The Balaban J connectivity index is 1.99. The summed E-state index contributed by atoms with van der Waals surface area (Å²) in [6.07, 6.45) is 2.11. The maximum atomic E-state index is 13.6. The van der Waals surface area contributed by atoms with Gasteiger partial charge in [0, 0.05) is 19.2 Å². The predicted molar refractivity (Wildman–Crippen MR) is 89.8 cm³/mol. The molecule has 0 radical (unpaired) electrons. The topological polar surface area (TPSA) is 49.4 Å². The Labute approximate surface area is 136 Å². The molecule has 122 valence electrons. The summed E-state index contributed by atoms with van der Waals surface area (Å²) in [7, 11) is -3.76. The highest BCUT2D eigenvalue weighted by atomic mass is 32.2. The monoisotopic (exact) mass is 334 g/mol. The second-order valence-electron chi connectivity index (χ2n) is 5.73. The van der Waals surface area contributed by atoms with Crippen LogP contribution in [0.15, 0.2) is 47.4 Å². The summed E-state index contributed by atoms with van der Waals surface area (Å²) in [5, 5.41) is 0. The summed E-state index contributed by atoms with van der Waals surface area (Å²) in [6.45, 7) is 3.44. The van der Waals surface area contributed by atoms with E-state index in [0.717, 1.165) is 31.6 Å². The summed E-state index contributed by atoms with van der Waals surface area (Å²) in [5.74, 6) is -0.463. The third-order valence-corrected chi connectivity index (χ3v) is 5.56. The Morgan fingerprint density at radius 3 is 2.48 bits per heavy atom. The summed E-state index contributed by atoms with van der Waals surface area (Å²) in [4.78, 5) is 2.28. The number of sulfonamides is 1. The van der Waals surface area contributed by atoms with E-state index in [2.05, 4.69) is 9.62 Å². The second kappa shape index (κ2) is 6.20. The molecule has 0 unspecified atom stereocenters. The number of anilines is 2. The van der Waals surface area contributed by atoms with Crippen molar-refractivity contribution in [1.29, 1.82) is 0 Å². The minimum Gasteiger partial charge on any atom is -0.370 e. The number of halogens is 1. The summed E-state index contributed by atoms with van der Waals surface area (Å²) in [5.41, 5.74) is 1.66. The second-order valence-corrected chi connectivity index (χ2v) is 7.38. The van der Waals surface area contributed by atoms with Crippen molar-refractivity contribution in [2.24, 2.45) is 0 Å². The van der Waals surface area contributed by atoms with Crippen LogP contribution in [0.2, 0.25) is 0 Å². The molecule has 0 saturated carbocycles. The molecule has 4 nitrogen and oxygen atoms in total. The van der Waals surface area contributed by atoms with Gasteiger partial charge in [0.2, 0.25) is 0 Å². The SMILES string of the molecule is Cc1ccccc1S(=O)(=O)Nc1cc(F)ccc1N1CCCC1. The lowest BCUT2D eigenvalue weighted by Gasteiger charge is -2.22. The van der Waals surface area contributed by atoms with Crippen molar-refractivity contribution >= 4 is 21.4 Å². The molecule has 0 aliphatic carbocycles. The van der Waals surface area contributed by atoms with E-state index in [4.69, 9.17) is 0 Å². The van der Waals surface area contributed by atoms with E-state index >= 15 is 0 Å². The van der Waals surface area contributed by atoms with Crippen molar-refractivity contribution in [1.82, 2.24) is 0 Å². The van der Waals surface area contributed by atoms with E-state index in [-0.39, 0.29) is 10.6 Å². The molecule has 1 heterocycles. The first-order valence-electron chi connectivity index (χ1n) is 7.60. The zero-order valence-corrected chi connectivity index (χ0v) is 13.7. The van der Waals surface area contributed by atoms with Crippen molar-refractivity contribution in [2.75, 3.05) is 22.7 Å². The lowest BCUT2D eigenvalue weighted by atomic mass is 10.2. The molecule has 6 heteroatoms. The highest BCUT2D eigenvalue weighted by Gasteiger charge is 2.21. The lowest BCUT2D eigenvalue weighted by molar-refractivity contribution is 0.600. The molecule has 23 heavy (non-hydrogen) atoms. The molecule has 0 bridgehead atoms. The van der Waals surface area contributed by atoms with Crippen LogP contribution in [0, 0.1) is 12.7 Å². The van der Waals surface area contributed by atoms with E-state index in [9.17, 15) is 12.8 Å². The number of benzene rings is 2. The Bertz CT molecular complexity index is 815. The average molecular weight is 334 g/mol. The molecule has 1 aliphatic heterocycles. The van der Waals surface area contributed by atoms with Gasteiger partial charge >= 0.3 is 0 Å². The normalized spacial score (nSPS) is 15.0. The van der Waals surface area contributed by atoms with Gasteiger partial charge in [0.05, 0.1) is 16.3 Å². The molecule has 0 amide bonds. The molecule has 2 aromatic rings. The van der Waals surface area contributed by atoms with E-state index in [1.165, 1.54) is 12.1 Å². The van der Waals surface area contributed by atoms with Gasteiger partial charge in [0.1, 0.15) is 5.82 Å². The average Bonchev–Trinajstić information content (AvgIpc) is 3.01. The standard InChI is InChI=1S/C17H19FN2O2S/c1-13-6-2-3-7-17(13)23(21,22)19-15-12-14(18)8-9-16(15)20-10-4-5-11-20/h2-3,6-9,12,19H,4-5,10-11H2,1H3. The predicted octanol–water partition coefficient (Wildman–Crippen LogP) is 3.54. The first-order chi connectivity index (χ1) is 11.0. The van der Waals surface area contributed by atoms with Gasteiger partial charge in [-0.2, -0.15) is 0 Å². The number of aryl methyl sites for hydroxylation is 1. The minimum absolute atomic E-state index is 0.205. The minimum atomic E-state index is -3.76. The molecule has 1 saturated heterocycles. The Hall–Kier alpha value is -2.08. The maximum Gasteiger partial charge on any atom is 0.262 e. The zero-order valence-electron chi connectivity index (χ0n) is 12.9. The van der Waals surface area contributed by atoms with Crippen LogP contribution in [-0.2, 0) is 10.0 Å². The van der Waals surface area contributed by atoms with Crippen LogP contribution in [0.1, 0.15) is 18.4 Å². The molecule has 0 aromatic heterocycles. The molecule has 1 aliphatic rings. The first-order valence-corrected chi connectivity index (χ1v) is 9.09. The summed E-state index contributed by atoms with van der Waals surface area (Å²) >= 11 is 0. The third kappa shape index (κ3) is 3.32. The van der Waals surface area contributed by atoms with Gasteiger partial charge in [-0.1, -0.05) is 18.2 Å². The van der Waals surface area contributed by atoms with E-state index in [0.29, 0.717) is 5.56 Å². The fourth-order valence-corrected chi connectivity index (χ4v) is 4.19. The van der Waals surface area contributed by atoms with Crippen molar-refractivity contribution in [3.8, 4) is 0 Å². The van der Waals surface area contributed by atoms with Crippen molar-refractivity contribution in [2.45, 2.75) is 24.7 Å². The smallest absolute Gasteiger partial charge is 0.262 e. The molecule has 1 N–H and O–H groups in total. The first kappa shape index (κ1) is 15.8. The van der Waals surface area contributed by atoms with E-state index < -0.39 is 15.8 Å². The summed E-state index contributed by atoms with van der Waals surface area (Å²) in [6, 6.07) is 11.0. The van der Waals surface area contributed by atoms with Crippen LogP contribution >= 0.6 is 0 Å². The van der Waals surface area contributed by atoms with Gasteiger partial charge in [-0.25, -0.2) is 12.8 Å². The molecule has 1 fully saturated rings. The summed E-state index contributed by atoms with van der Waals surface area (Å²) < 4.78 is 41.5. The molecule has 0 atom stereocenters. The fourth-order valence-electron chi connectivity index (χ4n) is 2.88. The van der Waals surface area contributed by atoms with Gasteiger partial charge in [0.25, 0.3) is 10.0 Å². The highest BCUT2D eigenvalue weighted by molar-refractivity contribution is 7.92. The number of rotatable bonds is 4. The van der Waals surface area contributed by atoms with Gasteiger partial charge in [-0.3, -0.25) is 4.72 Å². The van der Waals surface area contributed by atoms with Crippen molar-refractivity contribution < 1.29 is 12.8 Å². The number of nitrogens with one attached hydrogen (secondary N) is 1. The highest BCUT2D eigenvalue weighted by Crippen LogP contribution is 2.31. The Kier molecular flexibility index (Phi) is 4.26. The van der Waals surface area contributed by atoms with Crippen LogP contribution in [0.4, 0.5) is 15.8 Å². The largest absolute Gasteiger partial charge is 0.370 e. The number of hydrogen-bond donors (Lipinski definition) is 1. The molecular weight excluding hydrogens is 315 g/mol. The Morgan fingerprint density at radius 2 is 1.78 bits per heavy atom. The van der Waals surface area contributed by atoms with Gasteiger partial charge in [-0.15, -0.1) is 0 Å². The fraction of sp³-hybridized carbons (Fsp3) is 0.294. The molecule has 2 aromatic carbocycles. The third-order valence-electron chi connectivity index (χ3n) is 4.03. The number of nitrogens with zero attached hydrogens (tertiary/aromatic N) is 1. The van der Waals surface area contributed by atoms with Crippen LogP contribution in [0.5, 0.6) is 0 Å². The van der Waals surface area contributed by atoms with Crippen LogP contribution in [0.25, 0.3) is 0 Å². The molecule has 3 rings (SSSR count). The van der Waals surface area contributed by atoms with Crippen molar-refractivity contribution in [3.05, 3.63) is 53.8 Å². The molecule has 0 spiro atoms. The molecular formula is C17H19FN2O2S. The van der Waals surface area contributed by atoms with Crippen LogP contribution in [-0.4, -0.2) is 21.5 Å². The zero-order chi connectivity index (χ0) is 16.4. The number of hydrogen-bond acceptors (Lipinski definition) is 3. The van der Waals surface area contributed by atoms with Crippen LogP contribution in [0.3, 0.4) is 0 Å². The van der Waals surface area contributed by atoms with Crippen molar-refractivity contribution in [3.63, 3.8) is 0 Å².